The van der Waals surface area contributed by atoms with E-state index in [1.165, 1.54) is 38.8 Å². The molecule has 0 aromatic rings. The summed E-state index contributed by atoms with van der Waals surface area (Å²) in [5, 5.41) is 0. The quantitative estimate of drug-likeness (QED) is 0.760. The molecule has 15 heavy (non-hydrogen) atoms. The van der Waals surface area contributed by atoms with Crippen LogP contribution in [0.25, 0.3) is 0 Å². The van der Waals surface area contributed by atoms with Gasteiger partial charge >= 0.3 is 0 Å². The van der Waals surface area contributed by atoms with Crippen LogP contribution in [0.4, 0.5) is 0 Å². The van der Waals surface area contributed by atoms with Gasteiger partial charge in [0.05, 0.1) is 6.26 Å². The zero-order valence-corrected chi connectivity index (χ0v) is 10.8. The second kappa shape index (κ2) is 7.19. The first kappa shape index (κ1) is 14.9. The molecule has 0 amide bonds. The molecule has 0 aromatic carbocycles. The number of hydrogen-bond donors (Lipinski definition) is 1. The van der Waals surface area contributed by atoms with E-state index in [9.17, 15) is 8.42 Å². The van der Waals surface area contributed by atoms with Crippen LogP contribution in [0.2, 0.25) is 0 Å². The molecule has 0 saturated carbocycles. The molecule has 0 radical (unpaired) electrons. The predicted molar refractivity (Wildman–Crippen MR) is 62.6 cm³/mol. The first-order valence-corrected chi connectivity index (χ1v) is 7.36. The van der Waals surface area contributed by atoms with Crippen molar-refractivity contribution in [1.29, 1.82) is 0 Å². The standard InChI is InChI=1S/C9H19N.CH4O3S/c1-3-4-7-10-8-5-6-9(10)2;1-5(2,3)4/h9H,3-8H2,1-2H3;1H3,(H,2,3,4). The van der Waals surface area contributed by atoms with Crippen molar-refractivity contribution < 1.29 is 13.0 Å². The first-order chi connectivity index (χ1) is 6.84. The molecule has 0 spiro atoms. The summed E-state index contributed by atoms with van der Waals surface area (Å²) in [5.74, 6) is 0. The van der Waals surface area contributed by atoms with E-state index >= 15 is 0 Å². The van der Waals surface area contributed by atoms with Crippen molar-refractivity contribution in [1.82, 2.24) is 4.90 Å². The molecule has 1 fully saturated rings. The molecule has 1 atom stereocenters. The molecule has 1 saturated heterocycles. The minimum absolute atomic E-state index is 0.715. The van der Waals surface area contributed by atoms with Gasteiger partial charge in [0.15, 0.2) is 0 Å². The van der Waals surface area contributed by atoms with Crippen LogP contribution in [0.3, 0.4) is 0 Å². The molecule has 1 aliphatic heterocycles. The van der Waals surface area contributed by atoms with Crippen LogP contribution < -0.4 is 0 Å². The number of hydrogen-bond acceptors (Lipinski definition) is 3. The smallest absolute Gasteiger partial charge is 0.261 e. The third kappa shape index (κ3) is 10.2. The van der Waals surface area contributed by atoms with Gasteiger partial charge in [-0.15, -0.1) is 0 Å². The lowest BCUT2D eigenvalue weighted by Crippen LogP contribution is -2.27. The summed E-state index contributed by atoms with van der Waals surface area (Å²) in [6, 6.07) is 0.867. The summed E-state index contributed by atoms with van der Waals surface area (Å²) in [7, 11) is -3.67. The summed E-state index contributed by atoms with van der Waals surface area (Å²) in [6.45, 7) is 7.29. The van der Waals surface area contributed by atoms with E-state index in [2.05, 4.69) is 18.7 Å². The molecule has 1 heterocycles. The number of rotatable bonds is 3. The topological polar surface area (TPSA) is 57.6 Å². The second-order valence-corrected chi connectivity index (χ2v) is 5.58. The molecule has 5 heteroatoms. The van der Waals surface area contributed by atoms with Crippen LogP contribution in [-0.4, -0.2) is 43.3 Å². The van der Waals surface area contributed by atoms with Gasteiger partial charge in [-0.05, 0) is 39.3 Å². The van der Waals surface area contributed by atoms with E-state index in [-0.39, 0.29) is 0 Å². The fourth-order valence-corrected chi connectivity index (χ4v) is 1.69. The zero-order valence-electron chi connectivity index (χ0n) is 9.94. The molecule has 0 bridgehead atoms. The summed E-state index contributed by atoms with van der Waals surface area (Å²) in [5.41, 5.74) is 0. The Hall–Kier alpha value is -0.130. The van der Waals surface area contributed by atoms with Crippen LogP contribution in [-0.2, 0) is 10.1 Å². The lowest BCUT2D eigenvalue weighted by atomic mass is 10.2. The van der Waals surface area contributed by atoms with Crippen molar-refractivity contribution in [3.05, 3.63) is 0 Å². The average Bonchev–Trinajstić information content (AvgIpc) is 2.45. The van der Waals surface area contributed by atoms with Crippen LogP contribution in [0.15, 0.2) is 0 Å². The molecule has 0 aromatic heterocycles. The van der Waals surface area contributed by atoms with Gasteiger partial charge in [-0.2, -0.15) is 8.42 Å². The minimum atomic E-state index is -3.67. The molecule has 1 unspecified atom stereocenters. The van der Waals surface area contributed by atoms with E-state index in [0.29, 0.717) is 6.26 Å². The minimum Gasteiger partial charge on any atom is -0.301 e. The van der Waals surface area contributed by atoms with Crippen molar-refractivity contribution in [3.8, 4) is 0 Å². The van der Waals surface area contributed by atoms with E-state index in [4.69, 9.17) is 4.55 Å². The Kier molecular flexibility index (Phi) is 7.13. The highest BCUT2D eigenvalue weighted by Crippen LogP contribution is 2.16. The zero-order chi connectivity index (χ0) is 11.9. The van der Waals surface area contributed by atoms with Gasteiger partial charge < -0.3 is 4.90 Å². The molecule has 1 aliphatic rings. The molecule has 92 valence electrons. The Bertz CT molecular complexity index is 243. The van der Waals surface area contributed by atoms with Crippen molar-refractivity contribution in [3.63, 3.8) is 0 Å². The van der Waals surface area contributed by atoms with Gasteiger partial charge in [0.25, 0.3) is 10.1 Å². The highest BCUT2D eigenvalue weighted by Gasteiger charge is 2.18. The lowest BCUT2D eigenvalue weighted by molar-refractivity contribution is 0.265. The number of likely N-dealkylation sites (tertiary alicyclic amines) is 1. The summed E-state index contributed by atoms with van der Waals surface area (Å²) < 4.78 is 25.9. The molecule has 1 N–H and O–H groups in total. The molecule has 1 rings (SSSR count). The van der Waals surface area contributed by atoms with Gasteiger partial charge in [-0.3, -0.25) is 4.55 Å². The van der Waals surface area contributed by atoms with E-state index < -0.39 is 10.1 Å². The maximum atomic E-state index is 9.19. The average molecular weight is 237 g/mol. The van der Waals surface area contributed by atoms with E-state index in [1.54, 1.807) is 0 Å². The van der Waals surface area contributed by atoms with Crippen LogP contribution in [0.5, 0.6) is 0 Å². The van der Waals surface area contributed by atoms with Crippen LogP contribution >= 0.6 is 0 Å². The third-order valence-electron chi connectivity index (χ3n) is 2.49. The molecule has 4 nitrogen and oxygen atoms in total. The summed E-state index contributed by atoms with van der Waals surface area (Å²) in [6.07, 6.45) is 6.27. The van der Waals surface area contributed by atoms with E-state index in [1.807, 2.05) is 0 Å². The van der Waals surface area contributed by atoms with Gasteiger partial charge in [-0.25, -0.2) is 0 Å². The fraction of sp³-hybridized carbons (Fsp3) is 1.00. The first-order valence-electron chi connectivity index (χ1n) is 5.51. The third-order valence-corrected chi connectivity index (χ3v) is 2.49. The molecular weight excluding hydrogens is 214 g/mol. The summed E-state index contributed by atoms with van der Waals surface area (Å²) in [4.78, 5) is 2.61. The van der Waals surface area contributed by atoms with Gasteiger partial charge in [0, 0.05) is 6.04 Å². The second-order valence-electron chi connectivity index (χ2n) is 4.11. The van der Waals surface area contributed by atoms with E-state index in [0.717, 1.165) is 6.04 Å². The normalized spacial score (nSPS) is 22.3. The monoisotopic (exact) mass is 237 g/mol. The number of unbranched alkanes of at least 4 members (excludes halogenated alkanes) is 1. The van der Waals surface area contributed by atoms with Crippen molar-refractivity contribution in [2.75, 3.05) is 19.3 Å². The predicted octanol–water partition coefficient (Wildman–Crippen LogP) is 1.77. The lowest BCUT2D eigenvalue weighted by Gasteiger charge is -2.19. The van der Waals surface area contributed by atoms with Crippen molar-refractivity contribution >= 4 is 10.1 Å². The largest absolute Gasteiger partial charge is 0.301 e. The van der Waals surface area contributed by atoms with Crippen molar-refractivity contribution in [2.45, 2.75) is 45.6 Å². The fourth-order valence-electron chi connectivity index (χ4n) is 1.69. The van der Waals surface area contributed by atoms with Gasteiger partial charge in [-0.1, -0.05) is 13.3 Å². The highest BCUT2D eigenvalue weighted by atomic mass is 32.2. The van der Waals surface area contributed by atoms with Gasteiger partial charge in [0.2, 0.25) is 0 Å². The maximum Gasteiger partial charge on any atom is 0.261 e. The number of nitrogens with zero attached hydrogens (tertiary/aromatic N) is 1. The SMILES string of the molecule is CCCCN1CCCC1C.CS(=O)(=O)O. The van der Waals surface area contributed by atoms with Crippen LogP contribution in [0, 0.1) is 0 Å². The maximum absolute atomic E-state index is 9.19. The Balaban J connectivity index is 0.000000336. The van der Waals surface area contributed by atoms with Crippen molar-refractivity contribution in [2.24, 2.45) is 0 Å². The molecular formula is C10H23NO3S. The molecule has 0 aliphatic carbocycles. The van der Waals surface area contributed by atoms with Crippen LogP contribution in [0.1, 0.15) is 39.5 Å². The summed E-state index contributed by atoms with van der Waals surface area (Å²) >= 11 is 0. The Morgan fingerprint density at radius 3 is 2.33 bits per heavy atom. The van der Waals surface area contributed by atoms with Gasteiger partial charge in [0.1, 0.15) is 0 Å². The Morgan fingerprint density at radius 1 is 1.47 bits per heavy atom. The Labute approximate surface area is 93.4 Å². The highest BCUT2D eigenvalue weighted by molar-refractivity contribution is 7.85. The Morgan fingerprint density at radius 2 is 2.00 bits per heavy atom.